The van der Waals surface area contributed by atoms with Crippen LogP contribution in [0.2, 0.25) is 0 Å². The lowest BCUT2D eigenvalue weighted by Gasteiger charge is -2.05. The van der Waals surface area contributed by atoms with Gasteiger partial charge in [-0.15, -0.1) is 0 Å². The minimum atomic E-state index is 0.877. The van der Waals surface area contributed by atoms with Crippen LogP contribution in [0.3, 0.4) is 0 Å². The topological polar surface area (TPSA) is 37.8 Å². The molecule has 0 aromatic carbocycles. The Morgan fingerprint density at radius 2 is 2.12 bits per heavy atom. The molecule has 1 N–H and O–H groups in total. The number of pyridine rings is 2. The van der Waals surface area contributed by atoms with E-state index < -0.39 is 0 Å². The number of anilines is 1. The largest absolute Gasteiger partial charge is 0.370 e. The molecule has 0 aliphatic carbocycles. The van der Waals surface area contributed by atoms with E-state index in [-0.39, 0.29) is 0 Å². The predicted molar refractivity (Wildman–Crippen MR) is 65.4 cm³/mol. The minimum Gasteiger partial charge on any atom is -0.370 e. The summed E-state index contributed by atoms with van der Waals surface area (Å²) in [4.78, 5) is 8.36. The fraction of sp³-hybridized carbons (Fsp3) is 0.231. The van der Waals surface area contributed by atoms with E-state index in [9.17, 15) is 0 Å². The summed E-state index contributed by atoms with van der Waals surface area (Å²) < 4.78 is 0. The maximum absolute atomic E-state index is 4.28. The van der Waals surface area contributed by atoms with Gasteiger partial charge >= 0.3 is 0 Å². The lowest BCUT2D eigenvalue weighted by Crippen LogP contribution is -2.06. The third-order valence-electron chi connectivity index (χ3n) is 2.35. The van der Waals surface area contributed by atoms with Gasteiger partial charge in [-0.25, -0.2) is 4.98 Å². The Kier molecular flexibility index (Phi) is 3.49. The van der Waals surface area contributed by atoms with Crippen molar-refractivity contribution in [3.63, 3.8) is 0 Å². The van der Waals surface area contributed by atoms with Crippen LogP contribution in [0.5, 0.6) is 0 Å². The van der Waals surface area contributed by atoms with Crippen molar-refractivity contribution in [1.82, 2.24) is 9.97 Å². The van der Waals surface area contributed by atoms with Crippen molar-refractivity contribution in [2.45, 2.75) is 13.3 Å². The zero-order valence-corrected chi connectivity index (χ0v) is 9.35. The van der Waals surface area contributed by atoms with Gasteiger partial charge in [-0.2, -0.15) is 0 Å². The molecule has 0 unspecified atom stereocenters. The Bertz CT molecular complexity index is 423. The summed E-state index contributed by atoms with van der Waals surface area (Å²) in [6.45, 7) is 2.91. The predicted octanol–water partition coefficient (Wildman–Crippen LogP) is 2.44. The summed E-state index contributed by atoms with van der Waals surface area (Å²) in [6.07, 6.45) is 6.51. The average Bonchev–Trinajstić information content (AvgIpc) is 2.33. The first-order valence-electron chi connectivity index (χ1n) is 5.40. The first-order chi connectivity index (χ1) is 7.84. The van der Waals surface area contributed by atoms with E-state index in [0.717, 1.165) is 18.8 Å². The molecule has 0 aliphatic heterocycles. The van der Waals surface area contributed by atoms with Crippen molar-refractivity contribution >= 4 is 5.82 Å². The average molecular weight is 213 g/mol. The maximum atomic E-state index is 4.28. The highest BCUT2D eigenvalue weighted by Gasteiger charge is 1.94. The van der Waals surface area contributed by atoms with Gasteiger partial charge in [0.25, 0.3) is 0 Å². The Balaban J connectivity index is 1.82. The quantitative estimate of drug-likeness (QED) is 0.847. The smallest absolute Gasteiger partial charge is 0.125 e. The minimum absolute atomic E-state index is 0.877. The summed E-state index contributed by atoms with van der Waals surface area (Å²) in [5.41, 5.74) is 2.42. The van der Waals surface area contributed by atoms with Crippen LogP contribution in [0.4, 0.5) is 5.82 Å². The van der Waals surface area contributed by atoms with Crippen molar-refractivity contribution in [1.29, 1.82) is 0 Å². The number of rotatable bonds is 4. The molecule has 0 bridgehead atoms. The van der Waals surface area contributed by atoms with Gasteiger partial charge in [0.05, 0.1) is 0 Å². The Morgan fingerprint density at radius 3 is 2.81 bits per heavy atom. The van der Waals surface area contributed by atoms with E-state index in [2.05, 4.69) is 27.4 Å². The molecule has 16 heavy (non-hydrogen) atoms. The van der Waals surface area contributed by atoms with E-state index >= 15 is 0 Å². The van der Waals surface area contributed by atoms with Crippen LogP contribution in [0.25, 0.3) is 0 Å². The van der Waals surface area contributed by atoms with Crippen molar-refractivity contribution in [2.75, 3.05) is 11.9 Å². The molecule has 2 aromatic heterocycles. The van der Waals surface area contributed by atoms with Crippen LogP contribution < -0.4 is 5.32 Å². The van der Waals surface area contributed by atoms with Crippen molar-refractivity contribution in [3.8, 4) is 0 Å². The first-order valence-corrected chi connectivity index (χ1v) is 5.40. The van der Waals surface area contributed by atoms with Crippen LogP contribution >= 0.6 is 0 Å². The van der Waals surface area contributed by atoms with Gasteiger partial charge in [-0.3, -0.25) is 4.98 Å². The summed E-state index contributed by atoms with van der Waals surface area (Å²) >= 11 is 0. The Labute approximate surface area is 95.6 Å². The fourth-order valence-corrected chi connectivity index (χ4v) is 1.45. The number of hydrogen-bond donors (Lipinski definition) is 1. The standard InChI is InChI=1S/C13H15N3/c1-11-4-5-13(16-9-11)15-8-6-12-3-2-7-14-10-12/h2-5,7,9-10H,6,8H2,1H3,(H,15,16). The normalized spacial score (nSPS) is 10.1. The first kappa shape index (κ1) is 10.6. The van der Waals surface area contributed by atoms with Crippen molar-refractivity contribution in [2.24, 2.45) is 0 Å². The van der Waals surface area contributed by atoms with Crippen molar-refractivity contribution < 1.29 is 0 Å². The van der Waals surface area contributed by atoms with Gasteiger partial charge in [0.2, 0.25) is 0 Å². The van der Waals surface area contributed by atoms with Crippen LogP contribution in [-0.4, -0.2) is 16.5 Å². The molecule has 0 amide bonds. The van der Waals surface area contributed by atoms with E-state index in [1.807, 2.05) is 31.5 Å². The number of hydrogen-bond acceptors (Lipinski definition) is 3. The molecule has 3 heteroatoms. The molecule has 0 saturated carbocycles. The maximum Gasteiger partial charge on any atom is 0.125 e. The molecule has 0 atom stereocenters. The second kappa shape index (κ2) is 5.26. The molecule has 0 fully saturated rings. The van der Waals surface area contributed by atoms with Gasteiger partial charge in [0, 0.05) is 25.1 Å². The molecule has 3 nitrogen and oxygen atoms in total. The van der Waals surface area contributed by atoms with Gasteiger partial charge < -0.3 is 5.32 Å². The Hall–Kier alpha value is -1.90. The molecule has 2 heterocycles. The van der Waals surface area contributed by atoms with E-state index in [0.29, 0.717) is 0 Å². The van der Waals surface area contributed by atoms with E-state index in [1.165, 1.54) is 11.1 Å². The third kappa shape index (κ3) is 3.05. The summed E-state index contributed by atoms with van der Waals surface area (Å²) in [5.74, 6) is 0.925. The molecular weight excluding hydrogens is 198 g/mol. The molecule has 0 spiro atoms. The third-order valence-corrected chi connectivity index (χ3v) is 2.35. The van der Waals surface area contributed by atoms with Crippen LogP contribution in [0.15, 0.2) is 42.9 Å². The van der Waals surface area contributed by atoms with E-state index in [4.69, 9.17) is 0 Å². The van der Waals surface area contributed by atoms with Crippen LogP contribution in [0, 0.1) is 6.92 Å². The van der Waals surface area contributed by atoms with Gasteiger partial charge in [0.1, 0.15) is 5.82 Å². The zero-order valence-electron chi connectivity index (χ0n) is 9.35. The van der Waals surface area contributed by atoms with Gasteiger partial charge in [0.15, 0.2) is 0 Å². The fourth-order valence-electron chi connectivity index (χ4n) is 1.45. The molecule has 0 radical (unpaired) electrons. The van der Waals surface area contributed by atoms with Crippen LogP contribution in [-0.2, 0) is 6.42 Å². The zero-order chi connectivity index (χ0) is 11.2. The summed E-state index contributed by atoms with van der Waals surface area (Å²) in [6, 6.07) is 8.09. The monoisotopic (exact) mass is 213 g/mol. The number of aryl methyl sites for hydroxylation is 1. The molecule has 2 aromatic rings. The highest BCUT2D eigenvalue weighted by molar-refractivity contribution is 5.35. The lowest BCUT2D eigenvalue weighted by molar-refractivity contribution is 0.993. The molecule has 0 saturated heterocycles. The molecule has 2 rings (SSSR count). The highest BCUT2D eigenvalue weighted by atomic mass is 15.0. The molecule has 82 valence electrons. The number of aromatic nitrogens is 2. The van der Waals surface area contributed by atoms with Crippen molar-refractivity contribution in [3.05, 3.63) is 54.0 Å². The van der Waals surface area contributed by atoms with Crippen LogP contribution in [0.1, 0.15) is 11.1 Å². The second-order valence-electron chi connectivity index (χ2n) is 3.76. The molecular formula is C13H15N3. The molecule has 0 aliphatic rings. The SMILES string of the molecule is Cc1ccc(NCCc2cccnc2)nc1. The number of nitrogens with one attached hydrogen (secondary N) is 1. The lowest BCUT2D eigenvalue weighted by atomic mass is 10.2. The Morgan fingerprint density at radius 1 is 1.19 bits per heavy atom. The number of nitrogens with zero attached hydrogens (tertiary/aromatic N) is 2. The summed E-state index contributed by atoms with van der Waals surface area (Å²) in [5, 5.41) is 3.28. The second-order valence-corrected chi connectivity index (χ2v) is 3.76. The summed E-state index contributed by atoms with van der Waals surface area (Å²) in [7, 11) is 0. The van der Waals surface area contributed by atoms with E-state index in [1.54, 1.807) is 6.20 Å². The van der Waals surface area contributed by atoms with Gasteiger partial charge in [-0.1, -0.05) is 12.1 Å². The van der Waals surface area contributed by atoms with Gasteiger partial charge in [-0.05, 0) is 36.6 Å². The highest BCUT2D eigenvalue weighted by Crippen LogP contribution is 2.04.